The molecule has 0 spiro atoms. The first-order valence-corrected chi connectivity index (χ1v) is 12.0. The van der Waals surface area contributed by atoms with Crippen LogP contribution in [-0.4, -0.2) is 56.9 Å². The number of carbonyl (C=O) groups excluding carboxylic acids is 1. The van der Waals surface area contributed by atoms with Gasteiger partial charge in [0.25, 0.3) is 11.5 Å². The van der Waals surface area contributed by atoms with E-state index in [1.807, 2.05) is 44.8 Å². The van der Waals surface area contributed by atoms with E-state index in [2.05, 4.69) is 24.8 Å². The molecule has 6 rings (SSSR count). The van der Waals surface area contributed by atoms with Crippen molar-refractivity contribution >= 4 is 50.7 Å². The minimum absolute atomic E-state index is 0.0511. The van der Waals surface area contributed by atoms with E-state index in [9.17, 15) is 9.59 Å². The van der Waals surface area contributed by atoms with Crippen LogP contribution in [0.1, 0.15) is 10.4 Å². The van der Waals surface area contributed by atoms with E-state index in [-0.39, 0.29) is 11.5 Å². The molecule has 2 N–H and O–H groups in total. The van der Waals surface area contributed by atoms with Gasteiger partial charge in [-0.3, -0.25) is 14.6 Å². The summed E-state index contributed by atoms with van der Waals surface area (Å²) >= 11 is 1.49. The Hall–Kier alpha value is -4.49. The molecular formula is C25H19N7O2S. The van der Waals surface area contributed by atoms with E-state index >= 15 is 0 Å². The highest BCUT2D eigenvalue weighted by Gasteiger charge is 2.24. The molecule has 0 radical (unpaired) electrons. The Morgan fingerprint density at radius 2 is 1.91 bits per heavy atom. The lowest BCUT2D eigenvalue weighted by molar-refractivity contribution is 0.0746. The number of rotatable bonds is 3. The molecule has 35 heavy (non-hydrogen) atoms. The van der Waals surface area contributed by atoms with Crippen LogP contribution >= 0.6 is 11.3 Å². The second kappa shape index (κ2) is 8.38. The zero-order valence-electron chi connectivity index (χ0n) is 18.5. The predicted octanol–water partition coefficient (Wildman–Crippen LogP) is 4.04. The van der Waals surface area contributed by atoms with Gasteiger partial charge in [-0.1, -0.05) is 18.2 Å². The van der Waals surface area contributed by atoms with Gasteiger partial charge in [0.2, 0.25) is 5.69 Å². The molecule has 0 aliphatic carbocycles. The van der Waals surface area contributed by atoms with Gasteiger partial charge in [-0.05, 0) is 18.2 Å². The number of amides is 1. The van der Waals surface area contributed by atoms with E-state index in [1.165, 1.54) is 11.3 Å². The molecular weight excluding hydrogens is 462 g/mol. The van der Waals surface area contributed by atoms with Crippen molar-refractivity contribution in [2.75, 3.05) is 31.1 Å². The third-order valence-corrected chi connectivity index (χ3v) is 6.95. The first-order valence-electron chi connectivity index (χ1n) is 11.1. The summed E-state index contributed by atoms with van der Waals surface area (Å²) in [5.41, 5.74) is 4.01. The number of nitrogens with zero attached hydrogens (tertiary/aromatic N) is 5. The van der Waals surface area contributed by atoms with Crippen molar-refractivity contribution in [3.05, 3.63) is 80.7 Å². The number of nitrogens with one attached hydrogen (secondary N) is 2. The van der Waals surface area contributed by atoms with Crippen LogP contribution in [0.15, 0.2) is 58.1 Å². The average molecular weight is 482 g/mol. The highest BCUT2D eigenvalue weighted by Crippen LogP contribution is 2.27. The fraction of sp³-hybridized carbons (Fsp3) is 0.160. The van der Waals surface area contributed by atoms with Crippen molar-refractivity contribution in [2.45, 2.75) is 0 Å². The molecule has 1 saturated heterocycles. The molecule has 5 aromatic rings. The van der Waals surface area contributed by atoms with Crippen LogP contribution in [0.4, 0.5) is 11.5 Å². The van der Waals surface area contributed by atoms with Crippen molar-refractivity contribution in [2.24, 2.45) is 0 Å². The minimum Gasteiger partial charge on any atom is -0.362 e. The number of benzene rings is 1. The van der Waals surface area contributed by atoms with Gasteiger partial charge in [-0.15, -0.1) is 11.3 Å². The number of aromatic nitrogens is 4. The zero-order chi connectivity index (χ0) is 23.9. The molecule has 1 amide bonds. The third-order valence-electron chi connectivity index (χ3n) is 6.21. The van der Waals surface area contributed by atoms with E-state index in [4.69, 9.17) is 6.57 Å². The van der Waals surface area contributed by atoms with Crippen molar-refractivity contribution in [3.63, 3.8) is 0 Å². The van der Waals surface area contributed by atoms with Crippen LogP contribution in [0.2, 0.25) is 0 Å². The van der Waals surface area contributed by atoms with E-state index < -0.39 is 0 Å². The summed E-state index contributed by atoms with van der Waals surface area (Å²) in [6, 6.07) is 10.9. The van der Waals surface area contributed by atoms with Crippen LogP contribution in [0.5, 0.6) is 0 Å². The molecule has 0 saturated carbocycles. The Balaban J connectivity index is 1.23. The van der Waals surface area contributed by atoms with Gasteiger partial charge in [-0.25, -0.2) is 9.83 Å². The quantitative estimate of drug-likeness (QED) is 0.379. The first-order chi connectivity index (χ1) is 17.1. The number of fused-ring (bicyclic) bond motifs is 2. The minimum atomic E-state index is -0.258. The van der Waals surface area contributed by atoms with Crippen LogP contribution < -0.4 is 10.5 Å². The smallest absolute Gasteiger partial charge is 0.276 e. The van der Waals surface area contributed by atoms with Gasteiger partial charge >= 0.3 is 0 Å². The Bertz CT molecular complexity index is 1690. The molecule has 9 nitrogen and oxygen atoms in total. The van der Waals surface area contributed by atoms with E-state index in [1.54, 1.807) is 18.3 Å². The average Bonchev–Trinajstić information content (AvgIpc) is 3.53. The monoisotopic (exact) mass is 481 g/mol. The number of hydrogen-bond donors (Lipinski definition) is 2. The Labute approximate surface area is 203 Å². The van der Waals surface area contributed by atoms with Gasteiger partial charge < -0.3 is 19.8 Å². The molecule has 0 atom stereocenters. The second-order valence-electron chi connectivity index (χ2n) is 8.31. The van der Waals surface area contributed by atoms with Crippen molar-refractivity contribution in [3.8, 4) is 11.4 Å². The first kappa shape index (κ1) is 21.1. The maximum atomic E-state index is 13.2. The highest BCUT2D eigenvalue weighted by molar-refractivity contribution is 7.09. The van der Waals surface area contributed by atoms with E-state index in [0.29, 0.717) is 54.6 Å². The third kappa shape index (κ3) is 3.72. The van der Waals surface area contributed by atoms with Crippen molar-refractivity contribution in [1.82, 2.24) is 24.8 Å². The summed E-state index contributed by atoms with van der Waals surface area (Å²) in [5.74, 6) is 0.615. The van der Waals surface area contributed by atoms with Crippen LogP contribution in [0.3, 0.4) is 0 Å². The second-order valence-corrected chi connectivity index (χ2v) is 9.05. The number of hydrogen-bond acceptors (Lipinski definition) is 6. The summed E-state index contributed by atoms with van der Waals surface area (Å²) in [6.07, 6.45) is 1.68. The Kier molecular flexibility index (Phi) is 5.04. The largest absolute Gasteiger partial charge is 0.362 e. The van der Waals surface area contributed by atoms with Gasteiger partial charge in [0.1, 0.15) is 5.82 Å². The van der Waals surface area contributed by atoms with Gasteiger partial charge in [0, 0.05) is 59.6 Å². The molecule has 1 aliphatic rings. The number of pyridine rings is 1. The lowest BCUT2D eigenvalue weighted by Gasteiger charge is -2.36. The molecule has 172 valence electrons. The summed E-state index contributed by atoms with van der Waals surface area (Å²) in [7, 11) is 0. The lowest BCUT2D eigenvalue weighted by atomic mass is 10.1. The topological polar surface area (TPSA) is 102 Å². The molecule has 0 bridgehead atoms. The standard InChI is InChI=1S/C25H19N7O2S/c1-26-17-3-2-6-27-23(17)31-7-9-32(10-8-31)25(34)16-5-4-15-11-19(28-18(15)12-16)22-24(33)30-21-14-35-13-20(21)29-22/h2-6,11-14,28H,7-10H2,(H,30,33). The number of anilines is 1. The molecule has 1 aliphatic heterocycles. The maximum Gasteiger partial charge on any atom is 0.276 e. The summed E-state index contributed by atoms with van der Waals surface area (Å²) in [4.78, 5) is 48.2. The van der Waals surface area contributed by atoms with Crippen molar-refractivity contribution < 1.29 is 4.79 Å². The normalized spacial score (nSPS) is 13.9. The SMILES string of the molecule is [C-]#[N+]c1cccnc1N1CCN(C(=O)c2ccc3cc(-c4nc5cscc5[nH]c4=O)[nH]c3c2)CC1. The number of H-pyrrole nitrogens is 2. The van der Waals surface area contributed by atoms with Crippen LogP contribution in [0, 0.1) is 6.57 Å². The van der Waals surface area contributed by atoms with Gasteiger partial charge in [0.05, 0.1) is 23.3 Å². The zero-order valence-corrected chi connectivity index (χ0v) is 19.3. The number of carbonyl (C=O) groups is 1. The Morgan fingerprint density at radius 1 is 1.06 bits per heavy atom. The van der Waals surface area contributed by atoms with Crippen LogP contribution in [0.25, 0.3) is 38.2 Å². The molecule has 0 unspecified atom stereocenters. The predicted molar refractivity (Wildman–Crippen MR) is 136 cm³/mol. The number of thiophene rings is 1. The summed E-state index contributed by atoms with van der Waals surface area (Å²) in [5, 5.41) is 4.65. The molecule has 5 heterocycles. The molecule has 1 aromatic carbocycles. The van der Waals surface area contributed by atoms with Gasteiger partial charge in [0.15, 0.2) is 5.69 Å². The van der Waals surface area contributed by atoms with Crippen molar-refractivity contribution in [1.29, 1.82) is 0 Å². The van der Waals surface area contributed by atoms with E-state index in [0.717, 1.165) is 21.9 Å². The lowest BCUT2D eigenvalue weighted by Crippen LogP contribution is -2.49. The fourth-order valence-corrected chi connectivity index (χ4v) is 5.11. The Morgan fingerprint density at radius 3 is 2.74 bits per heavy atom. The molecule has 4 aromatic heterocycles. The fourth-order valence-electron chi connectivity index (χ4n) is 4.42. The van der Waals surface area contributed by atoms with Crippen LogP contribution in [-0.2, 0) is 0 Å². The number of piperazine rings is 1. The molecule has 1 fully saturated rings. The number of aromatic amines is 2. The molecule has 10 heteroatoms. The summed E-state index contributed by atoms with van der Waals surface area (Å²) in [6.45, 7) is 9.66. The van der Waals surface area contributed by atoms with Gasteiger partial charge in [-0.2, -0.15) is 0 Å². The highest BCUT2D eigenvalue weighted by atomic mass is 32.1. The maximum absolute atomic E-state index is 13.2. The summed E-state index contributed by atoms with van der Waals surface area (Å²) < 4.78 is 0.